The van der Waals surface area contributed by atoms with E-state index in [1.165, 1.54) is 0 Å². The maximum Gasteiger partial charge on any atom is 0.120 e. The van der Waals surface area contributed by atoms with Crippen molar-refractivity contribution < 1.29 is 9.47 Å². The molecule has 0 amide bonds. The molecule has 118 valence electrons. The minimum absolute atomic E-state index is 0.666. The van der Waals surface area contributed by atoms with Gasteiger partial charge in [-0.25, -0.2) is 0 Å². The number of rotatable bonds is 3. The summed E-state index contributed by atoms with van der Waals surface area (Å²) in [6, 6.07) is 11.0. The maximum atomic E-state index is 5.96. The largest absolute Gasteiger partial charge is 0.497 e. The van der Waals surface area contributed by atoms with E-state index < -0.39 is 0 Å². The Bertz CT molecular complexity index is 657. The topological polar surface area (TPSA) is 18.5 Å². The zero-order chi connectivity index (χ0) is 16.7. The lowest BCUT2D eigenvalue weighted by atomic mass is 10.1. The van der Waals surface area contributed by atoms with Crippen LogP contribution in [0.2, 0.25) is 10.0 Å². The van der Waals surface area contributed by atoms with E-state index in [1.54, 1.807) is 26.4 Å². The quantitative estimate of drug-likeness (QED) is 0.582. The Hall–Kier alpha value is -1.16. The van der Waals surface area contributed by atoms with Gasteiger partial charge in [0.1, 0.15) is 11.5 Å². The number of benzene rings is 2. The molecule has 0 spiro atoms. The SMILES string of the molecule is C=C(C)c1ccc(OC)cc1Cl.COc1ccc(Br)c(Cl)c1. The monoisotopic (exact) mass is 402 g/mol. The predicted octanol–water partition coefficient (Wildman–Crippen LogP) is 6.49. The summed E-state index contributed by atoms with van der Waals surface area (Å²) < 4.78 is 10.8. The van der Waals surface area contributed by atoms with Gasteiger partial charge in [-0.05, 0) is 70.4 Å². The fourth-order valence-corrected chi connectivity index (χ4v) is 2.32. The van der Waals surface area contributed by atoms with Gasteiger partial charge in [-0.2, -0.15) is 0 Å². The van der Waals surface area contributed by atoms with E-state index in [4.69, 9.17) is 32.7 Å². The lowest BCUT2D eigenvalue weighted by Gasteiger charge is -2.05. The molecule has 0 fully saturated rings. The summed E-state index contributed by atoms with van der Waals surface area (Å²) in [7, 11) is 3.23. The van der Waals surface area contributed by atoms with E-state index >= 15 is 0 Å². The normalized spacial score (nSPS) is 9.55. The number of halogens is 3. The fourth-order valence-electron chi connectivity index (χ4n) is 1.57. The first-order valence-corrected chi connectivity index (χ1v) is 7.92. The highest BCUT2D eigenvalue weighted by molar-refractivity contribution is 9.10. The summed E-state index contributed by atoms with van der Waals surface area (Å²) in [5, 5.41) is 1.35. The van der Waals surface area contributed by atoms with Crippen molar-refractivity contribution >= 4 is 44.7 Å². The van der Waals surface area contributed by atoms with E-state index in [1.807, 2.05) is 31.2 Å². The van der Waals surface area contributed by atoms with Crippen molar-refractivity contribution in [3.63, 3.8) is 0 Å². The summed E-state index contributed by atoms with van der Waals surface area (Å²) in [4.78, 5) is 0. The molecule has 0 saturated carbocycles. The number of ether oxygens (including phenoxy) is 2. The molecule has 22 heavy (non-hydrogen) atoms. The van der Waals surface area contributed by atoms with Gasteiger partial charge in [0.05, 0.1) is 24.3 Å². The van der Waals surface area contributed by atoms with Crippen LogP contribution in [0.4, 0.5) is 0 Å². The van der Waals surface area contributed by atoms with Crippen molar-refractivity contribution in [3.05, 3.63) is 63.1 Å². The van der Waals surface area contributed by atoms with Crippen LogP contribution >= 0.6 is 39.1 Å². The van der Waals surface area contributed by atoms with Crippen LogP contribution in [0, 0.1) is 0 Å². The van der Waals surface area contributed by atoms with Crippen LogP contribution in [-0.4, -0.2) is 14.2 Å². The predicted molar refractivity (Wildman–Crippen MR) is 98.4 cm³/mol. The van der Waals surface area contributed by atoms with Crippen molar-refractivity contribution in [2.45, 2.75) is 6.92 Å². The van der Waals surface area contributed by atoms with Crippen LogP contribution in [0.1, 0.15) is 12.5 Å². The molecule has 0 aliphatic rings. The van der Waals surface area contributed by atoms with Crippen LogP contribution in [0.3, 0.4) is 0 Å². The van der Waals surface area contributed by atoms with Crippen molar-refractivity contribution in [1.29, 1.82) is 0 Å². The summed E-state index contributed by atoms with van der Waals surface area (Å²) in [5.74, 6) is 1.54. The first kappa shape index (κ1) is 18.9. The molecule has 2 aromatic rings. The molecular formula is C17H17BrCl2O2. The molecule has 0 radical (unpaired) electrons. The van der Waals surface area contributed by atoms with Gasteiger partial charge >= 0.3 is 0 Å². The summed E-state index contributed by atoms with van der Waals surface area (Å²) >= 11 is 15.0. The number of methoxy groups -OCH3 is 2. The summed E-state index contributed by atoms with van der Waals surface area (Å²) in [6.07, 6.45) is 0. The lowest BCUT2D eigenvalue weighted by Crippen LogP contribution is -1.85. The van der Waals surface area contributed by atoms with Gasteiger partial charge in [-0.3, -0.25) is 0 Å². The van der Waals surface area contributed by atoms with Gasteiger partial charge in [0.15, 0.2) is 0 Å². The number of hydrogen-bond donors (Lipinski definition) is 0. The van der Waals surface area contributed by atoms with Crippen molar-refractivity contribution in [3.8, 4) is 11.5 Å². The minimum Gasteiger partial charge on any atom is -0.497 e. The third-order valence-electron chi connectivity index (χ3n) is 2.76. The van der Waals surface area contributed by atoms with E-state index in [0.717, 1.165) is 27.1 Å². The third-order valence-corrected chi connectivity index (χ3v) is 4.31. The second-order valence-corrected chi connectivity index (χ2v) is 6.07. The molecule has 0 atom stereocenters. The molecule has 2 rings (SSSR count). The average Bonchev–Trinajstić information content (AvgIpc) is 2.50. The van der Waals surface area contributed by atoms with Crippen LogP contribution in [0.5, 0.6) is 11.5 Å². The molecule has 0 N–H and O–H groups in total. The van der Waals surface area contributed by atoms with Crippen LogP contribution in [0.15, 0.2) is 47.4 Å². The molecule has 5 heteroatoms. The standard InChI is InChI=1S/C10H11ClO.C7H6BrClO/c1-7(2)9-5-4-8(12-3)6-10(9)11;1-10-5-2-3-6(8)7(9)4-5/h4-6H,1H2,2-3H3;2-4H,1H3. The van der Waals surface area contributed by atoms with Crippen LogP contribution in [0.25, 0.3) is 5.57 Å². The molecule has 0 heterocycles. The highest BCUT2D eigenvalue weighted by Crippen LogP contribution is 2.27. The third kappa shape index (κ3) is 5.56. The Balaban J connectivity index is 0.000000224. The molecule has 2 nitrogen and oxygen atoms in total. The Kier molecular flexibility index (Phi) is 7.80. The van der Waals surface area contributed by atoms with E-state index in [9.17, 15) is 0 Å². The first-order valence-electron chi connectivity index (χ1n) is 6.37. The first-order chi connectivity index (χ1) is 10.4. The van der Waals surface area contributed by atoms with Gasteiger partial charge in [0.2, 0.25) is 0 Å². The van der Waals surface area contributed by atoms with Crippen molar-refractivity contribution in [1.82, 2.24) is 0 Å². The second kappa shape index (κ2) is 9.09. The van der Waals surface area contributed by atoms with E-state index in [0.29, 0.717) is 10.0 Å². The molecule has 0 aliphatic carbocycles. The van der Waals surface area contributed by atoms with Gasteiger partial charge in [-0.1, -0.05) is 29.8 Å². The van der Waals surface area contributed by atoms with Crippen molar-refractivity contribution in [2.75, 3.05) is 14.2 Å². The Morgan fingerprint density at radius 3 is 1.86 bits per heavy atom. The smallest absolute Gasteiger partial charge is 0.120 e. The number of hydrogen-bond acceptors (Lipinski definition) is 2. The van der Waals surface area contributed by atoms with Gasteiger partial charge < -0.3 is 9.47 Å². The Morgan fingerprint density at radius 1 is 0.955 bits per heavy atom. The second-order valence-electron chi connectivity index (χ2n) is 4.41. The zero-order valence-electron chi connectivity index (χ0n) is 12.6. The van der Waals surface area contributed by atoms with Crippen molar-refractivity contribution in [2.24, 2.45) is 0 Å². The zero-order valence-corrected chi connectivity index (χ0v) is 15.7. The maximum absolute atomic E-state index is 5.96. The molecule has 0 unspecified atom stereocenters. The molecule has 0 saturated heterocycles. The van der Waals surface area contributed by atoms with Crippen LogP contribution < -0.4 is 9.47 Å². The highest BCUT2D eigenvalue weighted by atomic mass is 79.9. The lowest BCUT2D eigenvalue weighted by molar-refractivity contribution is 0.414. The molecular weight excluding hydrogens is 387 g/mol. The highest BCUT2D eigenvalue weighted by Gasteiger charge is 2.01. The summed E-state index contributed by atoms with van der Waals surface area (Å²) in [6.45, 7) is 5.74. The molecule has 2 aromatic carbocycles. The van der Waals surface area contributed by atoms with Gasteiger partial charge in [-0.15, -0.1) is 0 Å². The fraction of sp³-hybridized carbons (Fsp3) is 0.176. The molecule has 0 aromatic heterocycles. The molecule has 0 bridgehead atoms. The average molecular weight is 404 g/mol. The van der Waals surface area contributed by atoms with E-state index in [2.05, 4.69) is 22.5 Å². The molecule has 0 aliphatic heterocycles. The van der Waals surface area contributed by atoms with Gasteiger partial charge in [0, 0.05) is 4.47 Å². The Morgan fingerprint density at radius 2 is 1.45 bits per heavy atom. The van der Waals surface area contributed by atoms with E-state index in [-0.39, 0.29) is 0 Å². The summed E-state index contributed by atoms with van der Waals surface area (Å²) in [5.41, 5.74) is 1.93. The van der Waals surface area contributed by atoms with Gasteiger partial charge in [0.25, 0.3) is 0 Å². The van der Waals surface area contributed by atoms with Crippen LogP contribution in [-0.2, 0) is 0 Å². The Labute approximate surface area is 149 Å². The minimum atomic E-state index is 0.666. The number of allylic oxidation sites excluding steroid dienone is 1.